The van der Waals surface area contributed by atoms with Crippen LogP contribution in [-0.4, -0.2) is 39.0 Å². The maximum absolute atomic E-state index is 2.45. The molecule has 0 amide bonds. The maximum atomic E-state index is 2.45. The smallest absolute Gasteiger partial charge is 0.0300 e. The van der Waals surface area contributed by atoms with Gasteiger partial charge in [0.1, 0.15) is 0 Å². The Kier molecular flexibility index (Phi) is 5.95. The first-order valence-corrected chi connectivity index (χ1v) is 10.7. The van der Waals surface area contributed by atoms with E-state index < -0.39 is 0 Å². The summed E-state index contributed by atoms with van der Waals surface area (Å²) in [4.78, 5) is 0. The summed E-state index contributed by atoms with van der Waals surface area (Å²) < 4.78 is 0. The van der Waals surface area contributed by atoms with Crippen LogP contribution < -0.4 is 0 Å². The lowest BCUT2D eigenvalue weighted by atomic mass is 9.81. The van der Waals surface area contributed by atoms with Crippen molar-refractivity contribution in [3.63, 3.8) is 0 Å². The fraction of sp³-hybridized carbons (Fsp3) is 1.00. The molecule has 0 aromatic rings. The molecule has 0 nitrogen and oxygen atoms in total. The molecule has 14 heavy (non-hydrogen) atoms. The van der Waals surface area contributed by atoms with Gasteiger partial charge >= 0.3 is 0 Å². The van der Waals surface area contributed by atoms with Gasteiger partial charge in [-0.25, -0.2) is 0 Å². The molecule has 2 atom stereocenters. The van der Waals surface area contributed by atoms with Gasteiger partial charge in [0.2, 0.25) is 0 Å². The van der Waals surface area contributed by atoms with E-state index in [9.17, 15) is 0 Å². The van der Waals surface area contributed by atoms with Crippen molar-refractivity contribution in [2.24, 2.45) is 11.8 Å². The minimum absolute atomic E-state index is 0.332. The van der Waals surface area contributed by atoms with Crippen molar-refractivity contribution >= 4 is 15.8 Å². The zero-order chi connectivity index (χ0) is 10.6. The second kappa shape index (κ2) is 6.44. The highest BCUT2D eigenvalue weighted by Gasteiger charge is 2.25. The van der Waals surface area contributed by atoms with E-state index in [1.165, 1.54) is 25.7 Å². The molecule has 0 bridgehead atoms. The molecule has 0 N–H and O–H groups in total. The molecule has 1 aliphatic rings. The molecule has 0 aliphatic heterocycles. The van der Waals surface area contributed by atoms with E-state index in [4.69, 9.17) is 0 Å². The Hall–Kier alpha value is 0.860. The molecular formula is C12H26P2. The normalized spacial score (nSPS) is 28.7. The van der Waals surface area contributed by atoms with Crippen molar-refractivity contribution in [2.45, 2.75) is 25.7 Å². The van der Waals surface area contributed by atoms with Crippen LogP contribution in [0.1, 0.15) is 25.7 Å². The first-order chi connectivity index (χ1) is 6.59. The van der Waals surface area contributed by atoms with E-state index in [-0.39, 0.29) is 0 Å². The monoisotopic (exact) mass is 232 g/mol. The fourth-order valence-electron chi connectivity index (χ4n) is 2.70. The van der Waals surface area contributed by atoms with Gasteiger partial charge in [-0.15, -0.1) is 15.8 Å². The average Bonchev–Trinajstić information content (AvgIpc) is 2.06. The lowest BCUT2D eigenvalue weighted by Gasteiger charge is -2.34. The van der Waals surface area contributed by atoms with Gasteiger partial charge in [0.15, 0.2) is 0 Å². The Morgan fingerprint density at radius 1 is 0.786 bits per heavy atom. The second-order valence-corrected chi connectivity index (χ2v) is 10.4. The van der Waals surface area contributed by atoms with Crippen LogP contribution in [-0.2, 0) is 0 Å². The SMILES string of the molecule is CP(C)CC1CCCCC1CP(C)C. The Morgan fingerprint density at radius 2 is 1.14 bits per heavy atom. The molecule has 0 aromatic heterocycles. The van der Waals surface area contributed by atoms with E-state index in [1.807, 2.05) is 0 Å². The lowest BCUT2D eigenvalue weighted by Crippen LogP contribution is -2.24. The van der Waals surface area contributed by atoms with E-state index in [0.29, 0.717) is 15.8 Å². The van der Waals surface area contributed by atoms with Gasteiger partial charge < -0.3 is 0 Å². The van der Waals surface area contributed by atoms with Crippen LogP contribution in [0.25, 0.3) is 0 Å². The molecule has 2 heteroatoms. The van der Waals surface area contributed by atoms with Crippen LogP contribution in [0.3, 0.4) is 0 Å². The van der Waals surface area contributed by atoms with E-state index in [1.54, 1.807) is 12.3 Å². The number of hydrogen-bond donors (Lipinski definition) is 0. The Balaban J connectivity index is 2.41. The third-order valence-corrected chi connectivity index (χ3v) is 5.66. The van der Waals surface area contributed by atoms with E-state index in [2.05, 4.69) is 26.7 Å². The molecular weight excluding hydrogens is 206 g/mol. The van der Waals surface area contributed by atoms with Crippen molar-refractivity contribution in [3.8, 4) is 0 Å². The Morgan fingerprint density at radius 3 is 1.43 bits per heavy atom. The summed E-state index contributed by atoms with van der Waals surface area (Å²) in [7, 11) is 0.665. The molecule has 0 aromatic carbocycles. The Bertz CT molecular complexity index is 136. The fourth-order valence-corrected chi connectivity index (χ4v) is 5.54. The Labute approximate surface area is 92.7 Å². The van der Waals surface area contributed by atoms with Crippen molar-refractivity contribution in [3.05, 3.63) is 0 Å². The minimum Gasteiger partial charge on any atom is -0.113 e. The molecule has 0 radical (unpaired) electrons. The van der Waals surface area contributed by atoms with Gasteiger partial charge in [0.25, 0.3) is 0 Å². The molecule has 1 aliphatic carbocycles. The van der Waals surface area contributed by atoms with Crippen molar-refractivity contribution in [1.29, 1.82) is 0 Å². The quantitative estimate of drug-likeness (QED) is 0.635. The van der Waals surface area contributed by atoms with Crippen molar-refractivity contribution in [1.82, 2.24) is 0 Å². The average molecular weight is 232 g/mol. The summed E-state index contributed by atoms with van der Waals surface area (Å²) in [5.74, 6) is 2.18. The molecule has 1 saturated carbocycles. The summed E-state index contributed by atoms with van der Waals surface area (Å²) in [5.41, 5.74) is 0. The largest absolute Gasteiger partial charge is 0.113 e. The van der Waals surface area contributed by atoms with Gasteiger partial charge in [-0.05, 0) is 63.7 Å². The highest BCUT2D eigenvalue weighted by Crippen LogP contribution is 2.42. The predicted octanol–water partition coefficient (Wildman–Crippen LogP) is 4.28. The van der Waals surface area contributed by atoms with Crippen molar-refractivity contribution < 1.29 is 0 Å². The predicted molar refractivity (Wildman–Crippen MR) is 72.7 cm³/mol. The zero-order valence-electron chi connectivity index (χ0n) is 10.3. The highest BCUT2D eigenvalue weighted by molar-refractivity contribution is 7.56. The molecule has 84 valence electrons. The maximum Gasteiger partial charge on any atom is -0.0300 e. The first kappa shape index (κ1) is 12.9. The molecule has 1 rings (SSSR count). The van der Waals surface area contributed by atoms with Gasteiger partial charge in [0.05, 0.1) is 0 Å². The summed E-state index contributed by atoms with van der Waals surface area (Å²) in [6, 6.07) is 0. The van der Waals surface area contributed by atoms with E-state index >= 15 is 0 Å². The number of rotatable bonds is 4. The standard InChI is InChI=1S/C12H26P2/c1-13(2)9-11-7-5-6-8-12(11)10-14(3)4/h11-12H,5-10H2,1-4H3. The van der Waals surface area contributed by atoms with Crippen LogP contribution >= 0.6 is 15.8 Å². The summed E-state index contributed by atoms with van der Waals surface area (Å²) >= 11 is 0. The van der Waals surface area contributed by atoms with Crippen LogP contribution in [0.5, 0.6) is 0 Å². The molecule has 0 heterocycles. The molecule has 2 unspecified atom stereocenters. The topological polar surface area (TPSA) is 0 Å². The molecule has 1 fully saturated rings. The van der Waals surface area contributed by atoms with E-state index in [0.717, 1.165) is 11.8 Å². The number of hydrogen-bond acceptors (Lipinski definition) is 0. The van der Waals surface area contributed by atoms with Gasteiger partial charge in [-0.2, -0.15) is 0 Å². The van der Waals surface area contributed by atoms with Crippen LogP contribution in [0.15, 0.2) is 0 Å². The summed E-state index contributed by atoms with van der Waals surface area (Å²) in [6.07, 6.45) is 9.18. The van der Waals surface area contributed by atoms with Gasteiger partial charge in [-0.1, -0.05) is 12.8 Å². The van der Waals surface area contributed by atoms with Gasteiger partial charge in [0, 0.05) is 0 Å². The van der Waals surface area contributed by atoms with Gasteiger partial charge in [-0.3, -0.25) is 0 Å². The third-order valence-electron chi connectivity index (χ3n) is 3.27. The molecule has 0 spiro atoms. The third kappa shape index (κ3) is 4.59. The van der Waals surface area contributed by atoms with Crippen molar-refractivity contribution in [2.75, 3.05) is 39.0 Å². The summed E-state index contributed by atoms with van der Waals surface area (Å²) in [5, 5.41) is 0. The minimum atomic E-state index is 0.332. The van der Waals surface area contributed by atoms with Crippen LogP contribution in [0, 0.1) is 11.8 Å². The lowest BCUT2D eigenvalue weighted by molar-refractivity contribution is 0.285. The summed E-state index contributed by atoms with van der Waals surface area (Å²) in [6.45, 7) is 9.78. The molecule has 0 saturated heterocycles. The van der Waals surface area contributed by atoms with Crippen LogP contribution in [0.4, 0.5) is 0 Å². The zero-order valence-corrected chi connectivity index (χ0v) is 12.1. The second-order valence-electron chi connectivity index (χ2n) is 5.33. The van der Waals surface area contributed by atoms with Crippen LogP contribution in [0.2, 0.25) is 0 Å². The highest BCUT2D eigenvalue weighted by atomic mass is 31.1. The first-order valence-electron chi connectivity index (χ1n) is 5.89.